The number of methoxy groups -OCH3 is 1. The molecule has 2 rings (SSSR count). The first-order valence-corrected chi connectivity index (χ1v) is 6.83. The summed E-state index contributed by atoms with van der Waals surface area (Å²) >= 11 is 13.6. The van der Waals surface area contributed by atoms with Gasteiger partial charge in [0.15, 0.2) is 5.75 Å². The molecule has 0 aromatic carbocycles. The molecule has 2 aromatic rings. The van der Waals surface area contributed by atoms with Crippen LogP contribution in [0.25, 0.3) is 0 Å². The number of hydrogen-bond donors (Lipinski definition) is 1. The molecular weight excluding hydrogens is 293 g/mol. The van der Waals surface area contributed by atoms with Gasteiger partial charge in [0, 0.05) is 12.6 Å². The maximum absolute atomic E-state index is 6.21. The molecule has 98 valence electrons. The molecule has 0 saturated carbocycles. The summed E-state index contributed by atoms with van der Waals surface area (Å²) in [5.74, 6) is 0.718. The summed E-state index contributed by atoms with van der Waals surface area (Å²) in [6.45, 7) is 0. The van der Waals surface area contributed by atoms with Crippen LogP contribution in [0.5, 0.6) is 5.75 Å². The van der Waals surface area contributed by atoms with Crippen LogP contribution in [-0.4, -0.2) is 23.9 Å². The zero-order valence-electron chi connectivity index (χ0n) is 10.2. The average molecular weight is 306 g/mol. The molecule has 1 atom stereocenters. The highest BCUT2D eigenvalue weighted by atomic mass is 35.5. The summed E-state index contributed by atoms with van der Waals surface area (Å²) < 4.78 is 8.42. The fourth-order valence-corrected chi connectivity index (χ4v) is 3.43. The fraction of sp³-hybridized carbons (Fsp3) is 0.364. The van der Waals surface area contributed by atoms with Crippen molar-refractivity contribution >= 4 is 34.5 Å². The monoisotopic (exact) mass is 305 g/mol. The van der Waals surface area contributed by atoms with Crippen molar-refractivity contribution in [2.75, 3.05) is 14.2 Å². The molecule has 7 heteroatoms. The van der Waals surface area contributed by atoms with Gasteiger partial charge in [0.1, 0.15) is 5.69 Å². The number of ether oxygens (including phenoxy) is 1. The van der Waals surface area contributed by atoms with Gasteiger partial charge in [-0.25, -0.2) is 0 Å². The number of nitrogens with zero attached hydrogens (tertiary/aromatic N) is 2. The molecule has 0 aliphatic heterocycles. The Balaban J connectivity index is 2.51. The van der Waals surface area contributed by atoms with E-state index in [1.807, 2.05) is 20.2 Å². The van der Waals surface area contributed by atoms with Crippen molar-refractivity contribution < 1.29 is 4.74 Å². The molecule has 0 aliphatic carbocycles. The smallest absolute Gasteiger partial charge is 0.161 e. The average Bonchev–Trinajstić information content (AvgIpc) is 2.85. The topological polar surface area (TPSA) is 39.1 Å². The molecule has 18 heavy (non-hydrogen) atoms. The van der Waals surface area contributed by atoms with Crippen LogP contribution >= 0.6 is 34.5 Å². The lowest BCUT2D eigenvalue weighted by molar-refractivity contribution is 0.402. The van der Waals surface area contributed by atoms with Gasteiger partial charge < -0.3 is 10.1 Å². The summed E-state index contributed by atoms with van der Waals surface area (Å²) in [4.78, 5) is 0. The van der Waals surface area contributed by atoms with Crippen LogP contribution in [0.4, 0.5) is 0 Å². The van der Waals surface area contributed by atoms with Crippen molar-refractivity contribution in [3.05, 3.63) is 32.2 Å². The fourth-order valence-electron chi connectivity index (χ4n) is 1.90. The molecule has 0 spiro atoms. The maximum atomic E-state index is 6.21. The highest BCUT2D eigenvalue weighted by molar-refractivity contribution is 7.20. The van der Waals surface area contributed by atoms with Crippen molar-refractivity contribution in [2.45, 2.75) is 6.04 Å². The summed E-state index contributed by atoms with van der Waals surface area (Å²) in [6.07, 6.45) is 1.68. The van der Waals surface area contributed by atoms with E-state index >= 15 is 0 Å². The van der Waals surface area contributed by atoms with Gasteiger partial charge in [-0.15, -0.1) is 11.3 Å². The number of aryl methyl sites for hydroxylation is 1. The Kier molecular flexibility index (Phi) is 4.17. The molecular formula is C11H13Cl2N3OS. The third-order valence-corrected chi connectivity index (χ3v) is 4.24. The minimum atomic E-state index is -0.108. The second-order valence-electron chi connectivity index (χ2n) is 3.72. The van der Waals surface area contributed by atoms with Gasteiger partial charge in [0.25, 0.3) is 0 Å². The molecule has 1 N–H and O–H groups in total. The first-order valence-electron chi connectivity index (χ1n) is 5.26. The minimum Gasteiger partial charge on any atom is -0.493 e. The normalized spacial score (nSPS) is 12.7. The van der Waals surface area contributed by atoms with Crippen LogP contribution in [0.2, 0.25) is 8.67 Å². The van der Waals surface area contributed by atoms with E-state index in [4.69, 9.17) is 27.9 Å². The predicted octanol–water partition coefficient (Wildman–Crippen LogP) is 3.11. The molecule has 2 aromatic heterocycles. The SMILES string of the molecule is CNC(c1cc(Cl)sc1Cl)c1c(OC)cnn1C. The number of thiophene rings is 1. The second-order valence-corrected chi connectivity index (χ2v) is 6.01. The number of hydrogen-bond acceptors (Lipinski definition) is 4. The Labute approximate surface area is 119 Å². The number of nitrogens with one attached hydrogen (secondary N) is 1. The molecule has 0 radical (unpaired) electrons. The van der Waals surface area contributed by atoms with Crippen molar-refractivity contribution in [1.29, 1.82) is 0 Å². The van der Waals surface area contributed by atoms with E-state index in [0.29, 0.717) is 8.67 Å². The molecule has 0 amide bonds. The largest absolute Gasteiger partial charge is 0.493 e. The molecule has 0 bridgehead atoms. The number of rotatable bonds is 4. The van der Waals surface area contributed by atoms with Gasteiger partial charge in [0.2, 0.25) is 0 Å². The maximum Gasteiger partial charge on any atom is 0.161 e. The van der Waals surface area contributed by atoms with Gasteiger partial charge in [-0.2, -0.15) is 5.10 Å². The van der Waals surface area contributed by atoms with Crippen molar-refractivity contribution in [1.82, 2.24) is 15.1 Å². The summed E-state index contributed by atoms with van der Waals surface area (Å²) in [5.41, 5.74) is 1.84. The van der Waals surface area contributed by atoms with Gasteiger partial charge in [-0.3, -0.25) is 4.68 Å². The van der Waals surface area contributed by atoms with Gasteiger partial charge in [-0.05, 0) is 13.1 Å². The lowest BCUT2D eigenvalue weighted by Crippen LogP contribution is -2.21. The van der Waals surface area contributed by atoms with Crippen LogP contribution < -0.4 is 10.1 Å². The van der Waals surface area contributed by atoms with E-state index in [0.717, 1.165) is 17.0 Å². The van der Waals surface area contributed by atoms with Crippen molar-refractivity contribution in [2.24, 2.45) is 7.05 Å². The van der Waals surface area contributed by atoms with Crippen LogP contribution in [0.3, 0.4) is 0 Å². The van der Waals surface area contributed by atoms with E-state index in [9.17, 15) is 0 Å². The predicted molar refractivity (Wildman–Crippen MR) is 75.0 cm³/mol. The Morgan fingerprint density at radius 2 is 2.22 bits per heavy atom. The Morgan fingerprint density at radius 1 is 1.50 bits per heavy atom. The zero-order valence-corrected chi connectivity index (χ0v) is 12.5. The van der Waals surface area contributed by atoms with Gasteiger partial charge in [0.05, 0.1) is 28.0 Å². The molecule has 1 unspecified atom stereocenters. The third kappa shape index (κ3) is 2.36. The molecule has 0 saturated heterocycles. The zero-order chi connectivity index (χ0) is 13.3. The first-order chi connectivity index (χ1) is 8.58. The van der Waals surface area contributed by atoms with Crippen LogP contribution in [0.1, 0.15) is 17.3 Å². The Hall–Kier alpha value is -0.750. The lowest BCUT2D eigenvalue weighted by Gasteiger charge is -2.17. The van der Waals surface area contributed by atoms with E-state index < -0.39 is 0 Å². The van der Waals surface area contributed by atoms with Gasteiger partial charge >= 0.3 is 0 Å². The molecule has 2 heterocycles. The number of aromatic nitrogens is 2. The van der Waals surface area contributed by atoms with E-state index in [-0.39, 0.29) is 6.04 Å². The molecule has 4 nitrogen and oxygen atoms in total. The Morgan fingerprint density at radius 3 is 2.72 bits per heavy atom. The second kappa shape index (κ2) is 5.48. The molecule has 0 aliphatic rings. The van der Waals surface area contributed by atoms with Gasteiger partial charge in [-0.1, -0.05) is 23.2 Å². The molecule has 0 fully saturated rings. The standard InChI is InChI=1S/C11H13Cl2N3OS/c1-14-9(6-4-8(12)18-11(6)13)10-7(17-3)5-15-16(10)2/h4-5,9,14H,1-3H3. The highest BCUT2D eigenvalue weighted by Crippen LogP contribution is 2.39. The lowest BCUT2D eigenvalue weighted by atomic mass is 10.1. The van der Waals surface area contributed by atoms with E-state index in [2.05, 4.69) is 10.4 Å². The first kappa shape index (κ1) is 13.7. The minimum absolute atomic E-state index is 0.108. The number of halogens is 2. The van der Waals surface area contributed by atoms with E-state index in [1.54, 1.807) is 18.0 Å². The van der Waals surface area contributed by atoms with Crippen LogP contribution in [-0.2, 0) is 7.05 Å². The quantitative estimate of drug-likeness (QED) is 0.943. The van der Waals surface area contributed by atoms with E-state index in [1.165, 1.54) is 11.3 Å². The Bertz CT molecular complexity index is 552. The summed E-state index contributed by atoms with van der Waals surface area (Å²) in [6, 6.07) is 1.76. The van der Waals surface area contributed by atoms with Crippen molar-refractivity contribution in [3.63, 3.8) is 0 Å². The third-order valence-electron chi connectivity index (χ3n) is 2.73. The summed E-state index contributed by atoms with van der Waals surface area (Å²) in [7, 11) is 5.35. The van der Waals surface area contributed by atoms with Crippen molar-refractivity contribution in [3.8, 4) is 5.75 Å². The van der Waals surface area contributed by atoms with Crippen LogP contribution in [0, 0.1) is 0 Å². The van der Waals surface area contributed by atoms with Crippen LogP contribution in [0.15, 0.2) is 12.3 Å². The summed E-state index contributed by atoms with van der Waals surface area (Å²) in [5, 5.41) is 7.41. The highest BCUT2D eigenvalue weighted by Gasteiger charge is 2.24.